The maximum atomic E-state index is 13.2. The molecule has 0 radical (unpaired) electrons. The number of aromatic nitrogens is 1. The van der Waals surface area contributed by atoms with Gasteiger partial charge in [-0.25, -0.2) is 4.98 Å². The number of nitrogens with zero attached hydrogens (tertiary/aromatic N) is 1. The van der Waals surface area contributed by atoms with E-state index >= 15 is 0 Å². The van der Waals surface area contributed by atoms with Gasteiger partial charge >= 0.3 is 0 Å². The topological polar surface area (TPSA) is 69.1 Å². The van der Waals surface area contributed by atoms with E-state index in [2.05, 4.69) is 0 Å². The summed E-state index contributed by atoms with van der Waals surface area (Å²) in [5.41, 5.74) is 12.2. The number of anilines is 1. The molecule has 29 heavy (non-hydrogen) atoms. The Kier molecular flexibility index (Phi) is 4.47. The molecule has 146 valence electrons. The van der Waals surface area contributed by atoms with Crippen LogP contribution >= 0.6 is 11.3 Å². The molecule has 0 atom stereocenters. The number of nitrogens with two attached hydrogens (primary N) is 1. The fourth-order valence-electron chi connectivity index (χ4n) is 4.18. The highest BCUT2D eigenvalue weighted by Gasteiger charge is 2.26. The maximum Gasteiger partial charge on any atom is 0.205 e. The molecule has 0 bridgehead atoms. The van der Waals surface area contributed by atoms with Gasteiger partial charge in [0.05, 0.1) is 12.0 Å². The van der Waals surface area contributed by atoms with Gasteiger partial charge in [0, 0.05) is 22.2 Å². The molecule has 0 unspecified atom stereocenters. The Morgan fingerprint density at radius 3 is 2.66 bits per heavy atom. The average molecular weight is 403 g/mol. The normalized spacial score (nSPS) is 14.0. The van der Waals surface area contributed by atoms with Crippen LogP contribution in [-0.4, -0.2) is 10.8 Å². The van der Waals surface area contributed by atoms with Crippen LogP contribution in [-0.2, 0) is 12.8 Å². The molecule has 1 aliphatic carbocycles. The summed E-state index contributed by atoms with van der Waals surface area (Å²) >= 11 is 1.39. The summed E-state index contributed by atoms with van der Waals surface area (Å²) in [5, 5.41) is 0.862. The number of fused-ring (bicyclic) bond motifs is 2. The Morgan fingerprint density at radius 2 is 1.90 bits per heavy atom. The van der Waals surface area contributed by atoms with Crippen molar-refractivity contribution in [3.05, 3.63) is 69.9 Å². The van der Waals surface area contributed by atoms with Crippen LogP contribution < -0.4 is 5.73 Å². The lowest BCUT2D eigenvalue weighted by atomic mass is 9.96. The van der Waals surface area contributed by atoms with E-state index < -0.39 is 0 Å². The van der Waals surface area contributed by atoms with Crippen molar-refractivity contribution in [1.82, 2.24) is 4.98 Å². The lowest BCUT2D eigenvalue weighted by Crippen LogP contribution is -2.03. The van der Waals surface area contributed by atoms with Gasteiger partial charge < -0.3 is 10.2 Å². The minimum Gasteiger partial charge on any atom is -0.464 e. The lowest BCUT2D eigenvalue weighted by Gasteiger charge is -2.12. The number of rotatable bonds is 3. The molecular formula is C24H22N2O2S. The van der Waals surface area contributed by atoms with Crippen LogP contribution in [0, 0.1) is 6.92 Å². The van der Waals surface area contributed by atoms with Crippen LogP contribution in [0.2, 0.25) is 0 Å². The summed E-state index contributed by atoms with van der Waals surface area (Å²) in [6.45, 7) is 2.01. The molecule has 0 spiro atoms. The van der Waals surface area contributed by atoms with Gasteiger partial charge in [-0.1, -0.05) is 36.2 Å². The summed E-state index contributed by atoms with van der Waals surface area (Å²) in [4.78, 5) is 19.5. The Labute approximate surface area is 173 Å². The number of ketones is 1. The summed E-state index contributed by atoms with van der Waals surface area (Å²) in [6.07, 6.45) is 7.08. The quantitative estimate of drug-likeness (QED) is 0.340. The second-order valence-corrected chi connectivity index (χ2v) is 8.67. The third-order valence-corrected chi connectivity index (χ3v) is 6.79. The van der Waals surface area contributed by atoms with Gasteiger partial charge in [-0.15, -0.1) is 11.3 Å². The first-order valence-electron chi connectivity index (χ1n) is 10.0. The molecule has 1 aromatic carbocycles. The minimum atomic E-state index is -0.0499. The molecule has 1 aliphatic rings. The Morgan fingerprint density at radius 1 is 1.10 bits per heavy atom. The van der Waals surface area contributed by atoms with Crippen molar-refractivity contribution in [3.8, 4) is 11.3 Å². The number of carbonyl (C=O) groups is 1. The first kappa shape index (κ1) is 18.1. The highest BCUT2D eigenvalue weighted by atomic mass is 32.1. The number of pyridine rings is 1. The van der Waals surface area contributed by atoms with Crippen LogP contribution in [0.5, 0.6) is 0 Å². The van der Waals surface area contributed by atoms with Crippen LogP contribution in [0.15, 0.2) is 47.1 Å². The van der Waals surface area contributed by atoms with Crippen LogP contribution in [0.3, 0.4) is 0 Å². The monoisotopic (exact) mass is 402 g/mol. The van der Waals surface area contributed by atoms with Crippen molar-refractivity contribution < 1.29 is 9.21 Å². The van der Waals surface area contributed by atoms with Crippen LogP contribution in [0.1, 0.15) is 51.3 Å². The number of thiophene rings is 1. The van der Waals surface area contributed by atoms with Crippen molar-refractivity contribution in [2.75, 3.05) is 5.73 Å². The molecular weight excluding hydrogens is 380 g/mol. The van der Waals surface area contributed by atoms with Crippen molar-refractivity contribution in [2.24, 2.45) is 0 Å². The zero-order valence-electron chi connectivity index (χ0n) is 16.3. The van der Waals surface area contributed by atoms with Crippen LogP contribution in [0.25, 0.3) is 21.5 Å². The minimum absolute atomic E-state index is 0.0499. The SMILES string of the molecule is Cc1ccc(C(=O)c2sc3nc4c(c(-c5ccco5)c3c2N)CCCCC4)cc1. The van der Waals surface area contributed by atoms with E-state index in [1.165, 1.54) is 23.3 Å². The summed E-state index contributed by atoms with van der Waals surface area (Å²) < 4.78 is 5.79. The van der Waals surface area contributed by atoms with Crippen molar-refractivity contribution in [1.29, 1.82) is 0 Å². The molecule has 0 amide bonds. The van der Waals surface area contributed by atoms with Crippen molar-refractivity contribution >= 4 is 33.0 Å². The van der Waals surface area contributed by atoms with Gasteiger partial charge in [-0.05, 0) is 50.3 Å². The predicted octanol–water partition coefficient (Wildman–Crippen LogP) is 5.95. The zero-order valence-corrected chi connectivity index (χ0v) is 17.1. The highest BCUT2D eigenvalue weighted by Crippen LogP contribution is 2.44. The van der Waals surface area contributed by atoms with E-state index in [9.17, 15) is 4.79 Å². The molecule has 3 aromatic heterocycles. The van der Waals surface area contributed by atoms with E-state index in [0.29, 0.717) is 16.1 Å². The molecule has 0 aliphatic heterocycles. The Balaban J connectivity index is 1.75. The largest absolute Gasteiger partial charge is 0.464 e. The molecule has 4 nitrogen and oxygen atoms in total. The van der Waals surface area contributed by atoms with Gasteiger partial charge in [0.2, 0.25) is 5.78 Å². The first-order chi connectivity index (χ1) is 14.1. The third-order valence-electron chi connectivity index (χ3n) is 5.69. The maximum absolute atomic E-state index is 13.2. The summed E-state index contributed by atoms with van der Waals surface area (Å²) in [7, 11) is 0. The third kappa shape index (κ3) is 3.06. The molecule has 0 fully saturated rings. The van der Waals surface area contributed by atoms with Crippen LogP contribution in [0.4, 0.5) is 5.69 Å². The summed E-state index contributed by atoms with van der Waals surface area (Å²) in [5.74, 6) is 0.750. The second-order valence-electron chi connectivity index (χ2n) is 7.67. The highest BCUT2D eigenvalue weighted by molar-refractivity contribution is 7.21. The number of furan rings is 1. The van der Waals surface area contributed by atoms with E-state index in [1.807, 2.05) is 43.3 Å². The standard InChI is InChI=1S/C24H22N2O2S/c1-14-9-11-15(12-10-14)22(27)23-21(25)20-19(18-8-5-13-28-18)16-6-3-2-4-7-17(16)26-24(20)29-23/h5,8-13H,2-4,6-7,25H2,1H3. The number of aryl methyl sites for hydroxylation is 2. The lowest BCUT2D eigenvalue weighted by molar-refractivity contribution is 0.104. The predicted molar refractivity (Wildman–Crippen MR) is 118 cm³/mol. The molecule has 5 rings (SSSR count). The Hall–Kier alpha value is -2.92. The van der Waals surface area contributed by atoms with Gasteiger partial charge in [0.1, 0.15) is 15.5 Å². The first-order valence-corrected chi connectivity index (χ1v) is 10.8. The number of carbonyl (C=O) groups excluding carboxylic acids is 1. The van der Waals surface area contributed by atoms with E-state index in [4.69, 9.17) is 15.1 Å². The van der Waals surface area contributed by atoms with Crippen molar-refractivity contribution in [2.45, 2.75) is 39.0 Å². The Bertz CT molecular complexity index is 1200. The molecule has 0 saturated carbocycles. The van der Waals surface area contributed by atoms with E-state index in [1.54, 1.807) is 6.26 Å². The number of hydrogen-bond acceptors (Lipinski definition) is 5. The molecule has 5 heteroatoms. The van der Waals surface area contributed by atoms with Gasteiger partial charge in [-0.3, -0.25) is 4.79 Å². The number of benzene rings is 1. The molecule has 2 N–H and O–H groups in total. The average Bonchev–Trinajstić information content (AvgIpc) is 3.29. The van der Waals surface area contributed by atoms with Gasteiger partial charge in [0.15, 0.2) is 0 Å². The smallest absolute Gasteiger partial charge is 0.205 e. The van der Waals surface area contributed by atoms with E-state index in [0.717, 1.165) is 58.5 Å². The molecule has 4 aromatic rings. The number of hydrogen-bond donors (Lipinski definition) is 1. The fraction of sp³-hybridized carbons (Fsp3) is 0.250. The fourth-order valence-corrected chi connectivity index (χ4v) is 5.27. The van der Waals surface area contributed by atoms with Gasteiger partial charge in [-0.2, -0.15) is 0 Å². The molecule has 0 saturated heterocycles. The second kappa shape index (κ2) is 7.16. The zero-order chi connectivity index (χ0) is 20.0. The van der Waals surface area contributed by atoms with E-state index in [-0.39, 0.29) is 5.78 Å². The molecule has 3 heterocycles. The summed E-state index contributed by atoms with van der Waals surface area (Å²) in [6, 6.07) is 11.5. The van der Waals surface area contributed by atoms with Crippen molar-refractivity contribution in [3.63, 3.8) is 0 Å². The van der Waals surface area contributed by atoms with Gasteiger partial charge in [0.25, 0.3) is 0 Å². The number of nitrogen functional groups attached to an aromatic ring is 1.